The Hall–Kier alpha value is -0.340. The van der Waals surface area contributed by atoms with E-state index in [1.54, 1.807) is 0 Å². The van der Waals surface area contributed by atoms with Crippen LogP contribution in [0.5, 0.6) is 0 Å². The zero-order valence-electron chi connectivity index (χ0n) is 12.7. The van der Waals surface area contributed by atoms with Gasteiger partial charge in [0, 0.05) is 30.7 Å². The Morgan fingerprint density at radius 3 is 2.42 bits per heavy atom. The first-order chi connectivity index (χ1) is 9.20. The van der Waals surface area contributed by atoms with Crippen LogP contribution >= 0.6 is 0 Å². The molecule has 1 heterocycles. The fourth-order valence-corrected chi connectivity index (χ4v) is 4.42. The van der Waals surface area contributed by atoms with Gasteiger partial charge in [0.1, 0.15) is 0 Å². The minimum atomic E-state index is 0.451. The van der Waals surface area contributed by atoms with Crippen LogP contribution in [0.1, 0.15) is 58.8 Å². The molecular formula is C17H30N2. The lowest BCUT2D eigenvalue weighted by atomic mass is 9.78. The first-order valence-corrected chi connectivity index (χ1v) is 8.36. The van der Waals surface area contributed by atoms with Crippen LogP contribution in [0.2, 0.25) is 0 Å². The van der Waals surface area contributed by atoms with Crippen LogP contribution in [0.25, 0.3) is 0 Å². The summed E-state index contributed by atoms with van der Waals surface area (Å²) in [6.07, 6.45) is 14.4. The Labute approximate surface area is 118 Å². The summed E-state index contributed by atoms with van der Waals surface area (Å²) in [7, 11) is 0. The monoisotopic (exact) mass is 262 g/mol. The molecule has 1 aliphatic heterocycles. The second kappa shape index (κ2) is 5.57. The third-order valence-corrected chi connectivity index (χ3v) is 5.63. The Bertz CT molecular complexity index is 320. The fourth-order valence-electron chi connectivity index (χ4n) is 4.42. The molecule has 2 nitrogen and oxygen atoms in total. The molecule has 3 rings (SSSR count). The van der Waals surface area contributed by atoms with E-state index in [0.29, 0.717) is 5.54 Å². The summed E-state index contributed by atoms with van der Waals surface area (Å²) in [6.45, 7) is 7.28. The Kier molecular flexibility index (Phi) is 4.00. The predicted octanol–water partition coefficient (Wildman–Crippen LogP) is 3.34. The number of rotatable bonds is 2. The number of nitrogens with one attached hydrogen (secondary N) is 1. The second-order valence-corrected chi connectivity index (χ2v) is 7.30. The number of nitrogens with zero attached hydrogens (tertiary/aromatic N) is 1. The average molecular weight is 262 g/mol. The molecule has 0 bridgehead atoms. The quantitative estimate of drug-likeness (QED) is 0.768. The molecule has 1 saturated carbocycles. The molecule has 1 saturated heterocycles. The van der Waals surface area contributed by atoms with Crippen LogP contribution in [0.4, 0.5) is 0 Å². The molecule has 1 N–H and O–H groups in total. The zero-order valence-corrected chi connectivity index (χ0v) is 12.7. The van der Waals surface area contributed by atoms with Crippen LogP contribution in [-0.2, 0) is 0 Å². The molecule has 0 aromatic heterocycles. The van der Waals surface area contributed by atoms with Crippen molar-refractivity contribution in [3.63, 3.8) is 0 Å². The second-order valence-electron chi connectivity index (χ2n) is 7.30. The van der Waals surface area contributed by atoms with Gasteiger partial charge in [-0.25, -0.2) is 0 Å². The van der Waals surface area contributed by atoms with Gasteiger partial charge < -0.3 is 5.32 Å². The van der Waals surface area contributed by atoms with Crippen molar-refractivity contribution in [1.82, 2.24) is 10.2 Å². The third-order valence-electron chi connectivity index (χ3n) is 5.63. The minimum Gasteiger partial charge on any atom is -0.308 e. The maximum absolute atomic E-state index is 3.96. The highest BCUT2D eigenvalue weighted by Crippen LogP contribution is 2.35. The normalized spacial score (nSPS) is 32.5. The molecule has 1 atom stereocenters. The molecule has 0 amide bonds. The predicted molar refractivity (Wildman–Crippen MR) is 81.3 cm³/mol. The van der Waals surface area contributed by atoms with Gasteiger partial charge in [-0.2, -0.15) is 0 Å². The molecular weight excluding hydrogens is 232 g/mol. The van der Waals surface area contributed by atoms with Crippen molar-refractivity contribution < 1.29 is 0 Å². The van der Waals surface area contributed by atoms with Crippen molar-refractivity contribution >= 4 is 0 Å². The van der Waals surface area contributed by atoms with Gasteiger partial charge >= 0.3 is 0 Å². The zero-order chi connectivity index (χ0) is 13.3. The molecule has 0 aromatic carbocycles. The summed E-state index contributed by atoms with van der Waals surface area (Å²) < 4.78 is 0. The molecule has 19 heavy (non-hydrogen) atoms. The molecule has 0 aromatic rings. The summed E-state index contributed by atoms with van der Waals surface area (Å²) in [5, 5.41) is 3.96. The summed E-state index contributed by atoms with van der Waals surface area (Å²) in [4.78, 5) is 2.87. The SMILES string of the molecule is CC(C)C1CNC2(CCCCC2)CN1C1CC=CC1. The van der Waals surface area contributed by atoms with Crippen molar-refractivity contribution in [2.45, 2.75) is 76.4 Å². The van der Waals surface area contributed by atoms with Gasteiger partial charge in [-0.3, -0.25) is 4.90 Å². The topological polar surface area (TPSA) is 15.3 Å². The Morgan fingerprint density at radius 2 is 1.79 bits per heavy atom. The lowest BCUT2D eigenvalue weighted by Crippen LogP contribution is -2.67. The largest absolute Gasteiger partial charge is 0.308 e. The van der Waals surface area contributed by atoms with E-state index >= 15 is 0 Å². The first-order valence-electron chi connectivity index (χ1n) is 8.36. The summed E-state index contributed by atoms with van der Waals surface area (Å²) >= 11 is 0. The molecule has 3 aliphatic rings. The standard InChI is InChI=1S/C17H30N2/c1-14(2)16-12-18-17(10-6-3-7-11-17)13-19(16)15-8-4-5-9-15/h4-5,14-16,18H,3,6-13H2,1-2H3. The van der Waals surface area contributed by atoms with Crippen molar-refractivity contribution in [2.24, 2.45) is 5.92 Å². The average Bonchev–Trinajstić information content (AvgIpc) is 2.93. The van der Waals surface area contributed by atoms with Gasteiger partial charge in [-0.1, -0.05) is 45.3 Å². The maximum atomic E-state index is 3.96. The summed E-state index contributed by atoms with van der Waals surface area (Å²) in [5.41, 5.74) is 0.451. The van der Waals surface area contributed by atoms with Crippen molar-refractivity contribution in [1.29, 1.82) is 0 Å². The minimum absolute atomic E-state index is 0.451. The van der Waals surface area contributed by atoms with Crippen molar-refractivity contribution in [3.05, 3.63) is 12.2 Å². The van der Waals surface area contributed by atoms with E-state index in [0.717, 1.165) is 18.0 Å². The molecule has 1 unspecified atom stereocenters. The summed E-state index contributed by atoms with van der Waals surface area (Å²) in [6, 6.07) is 1.52. The smallest absolute Gasteiger partial charge is 0.0309 e. The highest BCUT2D eigenvalue weighted by atomic mass is 15.3. The van der Waals surface area contributed by atoms with Gasteiger partial charge in [-0.05, 0) is 31.6 Å². The number of hydrogen-bond acceptors (Lipinski definition) is 2. The molecule has 0 radical (unpaired) electrons. The van der Waals surface area contributed by atoms with Crippen LogP contribution in [0.3, 0.4) is 0 Å². The van der Waals surface area contributed by atoms with E-state index in [9.17, 15) is 0 Å². The van der Waals surface area contributed by atoms with E-state index in [-0.39, 0.29) is 0 Å². The molecule has 2 heteroatoms. The van der Waals surface area contributed by atoms with E-state index in [2.05, 4.69) is 36.2 Å². The lowest BCUT2D eigenvalue weighted by molar-refractivity contribution is 0.00934. The van der Waals surface area contributed by atoms with Gasteiger partial charge in [-0.15, -0.1) is 0 Å². The molecule has 2 aliphatic carbocycles. The van der Waals surface area contributed by atoms with E-state index in [1.165, 1.54) is 58.0 Å². The maximum Gasteiger partial charge on any atom is 0.0309 e. The van der Waals surface area contributed by atoms with Gasteiger partial charge in [0.2, 0.25) is 0 Å². The molecule has 108 valence electrons. The van der Waals surface area contributed by atoms with Crippen LogP contribution < -0.4 is 5.32 Å². The van der Waals surface area contributed by atoms with Gasteiger partial charge in [0.15, 0.2) is 0 Å². The summed E-state index contributed by atoms with van der Waals surface area (Å²) in [5.74, 6) is 0.758. The van der Waals surface area contributed by atoms with E-state index in [4.69, 9.17) is 0 Å². The van der Waals surface area contributed by atoms with Gasteiger partial charge in [0.25, 0.3) is 0 Å². The number of hydrogen-bond donors (Lipinski definition) is 1. The Balaban J connectivity index is 1.74. The highest BCUT2D eigenvalue weighted by molar-refractivity contribution is 5.06. The van der Waals surface area contributed by atoms with Crippen LogP contribution in [0.15, 0.2) is 12.2 Å². The number of piperazine rings is 1. The van der Waals surface area contributed by atoms with Gasteiger partial charge in [0.05, 0.1) is 0 Å². The van der Waals surface area contributed by atoms with Crippen molar-refractivity contribution in [2.75, 3.05) is 13.1 Å². The highest BCUT2D eigenvalue weighted by Gasteiger charge is 2.42. The van der Waals surface area contributed by atoms with Crippen LogP contribution in [-0.4, -0.2) is 35.6 Å². The first kappa shape index (κ1) is 13.6. The van der Waals surface area contributed by atoms with E-state index in [1.807, 2.05) is 0 Å². The van der Waals surface area contributed by atoms with Crippen molar-refractivity contribution in [3.8, 4) is 0 Å². The lowest BCUT2D eigenvalue weighted by Gasteiger charge is -2.53. The van der Waals surface area contributed by atoms with E-state index < -0.39 is 0 Å². The fraction of sp³-hybridized carbons (Fsp3) is 0.882. The molecule has 2 fully saturated rings. The molecule has 1 spiro atoms. The Morgan fingerprint density at radius 1 is 1.11 bits per heavy atom. The third kappa shape index (κ3) is 2.75. The van der Waals surface area contributed by atoms with Crippen LogP contribution in [0, 0.1) is 5.92 Å².